The van der Waals surface area contributed by atoms with E-state index in [0.29, 0.717) is 23.9 Å². The third kappa shape index (κ3) is 3.77. The highest BCUT2D eigenvalue weighted by molar-refractivity contribution is 5.87. The zero-order valence-corrected chi connectivity index (χ0v) is 16.2. The third-order valence-corrected chi connectivity index (χ3v) is 5.57. The second-order valence-corrected chi connectivity index (χ2v) is 7.47. The summed E-state index contributed by atoms with van der Waals surface area (Å²) in [4.78, 5) is 22.8. The number of fused-ring (bicyclic) bond motifs is 1. The van der Waals surface area contributed by atoms with Gasteiger partial charge in [-0.2, -0.15) is 0 Å². The summed E-state index contributed by atoms with van der Waals surface area (Å²) in [5.74, 6) is 1.34. The van der Waals surface area contributed by atoms with Gasteiger partial charge >= 0.3 is 0 Å². The first kappa shape index (κ1) is 18.6. The molecule has 28 heavy (non-hydrogen) atoms. The number of aromatic nitrogens is 2. The van der Waals surface area contributed by atoms with Crippen LogP contribution >= 0.6 is 0 Å². The Hall–Kier alpha value is -2.76. The van der Waals surface area contributed by atoms with Crippen molar-refractivity contribution in [2.75, 3.05) is 13.1 Å². The van der Waals surface area contributed by atoms with E-state index in [0.717, 1.165) is 29.2 Å². The van der Waals surface area contributed by atoms with Crippen molar-refractivity contribution >= 4 is 16.7 Å². The minimum Gasteiger partial charge on any atom is -0.441 e. The number of hydrogen-bond acceptors (Lipinski definition) is 4. The third-order valence-electron chi connectivity index (χ3n) is 5.57. The number of pyridine rings is 1. The summed E-state index contributed by atoms with van der Waals surface area (Å²) in [5.41, 5.74) is 1.62. The van der Waals surface area contributed by atoms with Gasteiger partial charge in [0.15, 0.2) is 11.7 Å². The number of likely N-dealkylation sites (tertiary alicyclic amines) is 1. The molecule has 0 radical (unpaired) electrons. The molecule has 4 rings (SSSR count). The number of carbonyl (C=O) groups excluding carboxylic acids is 1. The van der Waals surface area contributed by atoms with E-state index >= 15 is 0 Å². The van der Waals surface area contributed by atoms with Crippen LogP contribution in [0.2, 0.25) is 0 Å². The van der Waals surface area contributed by atoms with Crippen molar-refractivity contribution < 1.29 is 13.6 Å². The second kappa shape index (κ2) is 7.70. The average Bonchev–Trinajstić information content (AvgIpc) is 3.13. The Morgan fingerprint density at radius 3 is 2.82 bits per heavy atom. The van der Waals surface area contributed by atoms with Gasteiger partial charge in [0.1, 0.15) is 6.17 Å². The molecule has 0 bridgehead atoms. The number of alkyl halides is 1. The van der Waals surface area contributed by atoms with Crippen LogP contribution in [0.3, 0.4) is 0 Å². The molecule has 146 valence electrons. The Morgan fingerprint density at radius 2 is 2.11 bits per heavy atom. The molecular weight excluding hydrogens is 357 g/mol. The van der Waals surface area contributed by atoms with Gasteiger partial charge in [0.25, 0.3) is 0 Å². The molecule has 1 saturated heterocycles. The molecule has 1 aliphatic rings. The van der Waals surface area contributed by atoms with E-state index in [1.54, 1.807) is 17.3 Å². The molecule has 5 nitrogen and oxygen atoms in total. The van der Waals surface area contributed by atoms with E-state index in [2.05, 4.69) is 9.97 Å². The number of hydrogen-bond donors (Lipinski definition) is 0. The van der Waals surface area contributed by atoms with Crippen LogP contribution in [0, 0.1) is 12.8 Å². The maximum atomic E-state index is 14.2. The van der Waals surface area contributed by atoms with Gasteiger partial charge in [-0.05, 0) is 29.9 Å². The predicted octanol–water partition coefficient (Wildman–Crippen LogP) is 4.34. The van der Waals surface area contributed by atoms with Crippen molar-refractivity contribution in [3.8, 4) is 11.3 Å². The number of amides is 1. The number of aryl methyl sites for hydroxylation is 1. The fourth-order valence-electron chi connectivity index (χ4n) is 3.84. The van der Waals surface area contributed by atoms with E-state index in [4.69, 9.17) is 4.42 Å². The quantitative estimate of drug-likeness (QED) is 0.675. The molecule has 0 aliphatic carbocycles. The van der Waals surface area contributed by atoms with Crippen LogP contribution in [0.5, 0.6) is 0 Å². The van der Waals surface area contributed by atoms with Crippen LogP contribution < -0.4 is 0 Å². The molecule has 1 aliphatic heterocycles. The monoisotopic (exact) mass is 381 g/mol. The lowest BCUT2D eigenvalue weighted by Gasteiger charge is -2.34. The van der Waals surface area contributed by atoms with Crippen LogP contribution in [-0.2, 0) is 11.2 Å². The summed E-state index contributed by atoms with van der Waals surface area (Å²) in [5, 5.41) is 1.97. The topological polar surface area (TPSA) is 59.2 Å². The van der Waals surface area contributed by atoms with Gasteiger partial charge in [-0.3, -0.25) is 9.78 Å². The first-order valence-electron chi connectivity index (χ1n) is 9.77. The molecule has 1 aromatic carbocycles. The van der Waals surface area contributed by atoms with E-state index in [1.807, 2.05) is 38.1 Å². The Morgan fingerprint density at radius 1 is 1.25 bits per heavy atom. The van der Waals surface area contributed by atoms with E-state index < -0.39 is 6.17 Å². The highest BCUT2D eigenvalue weighted by Gasteiger charge is 2.30. The summed E-state index contributed by atoms with van der Waals surface area (Å²) in [6, 6.07) is 7.87. The lowest BCUT2D eigenvalue weighted by molar-refractivity contribution is -0.133. The van der Waals surface area contributed by atoms with E-state index in [9.17, 15) is 9.18 Å². The number of nitrogens with zero attached hydrogens (tertiary/aromatic N) is 3. The molecule has 0 saturated carbocycles. The lowest BCUT2D eigenvalue weighted by atomic mass is 9.92. The Labute approximate surface area is 163 Å². The van der Waals surface area contributed by atoms with Crippen molar-refractivity contribution in [1.82, 2.24) is 14.9 Å². The Kier molecular flexibility index (Phi) is 5.11. The molecule has 3 heterocycles. The minimum atomic E-state index is -0.930. The van der Waals surface area contributed by atoms with Gasteiger partial charge in [-0.15, -0.1) is 0 Å². The first-order chi connectivity index (χ1) is 13.5. The van der Waals surface area contributed by atoms with Crippen LogP contribution in [0.25, 0.3) is 22.1 Å². The standard InChI is InChI=1S/C22H24FN3O2/c1-3-15-6-7-26(13-20(15)23)22(27)10-19-9-18-8-16(4-5-17(18)11-25-19)21-12-24-14(2)28-21/h4-5,8-9,11-12,15,20H,3,6-7,10,13H2,1-2H3/t15-,20-/m0/s1. The summed E-state index contributed by atoms with van der Waals surface area (Å²) in [6.45, 7) is 4.63. The summed E-state index contributed by atoms with van der Waals surface area (Å²) in [7, 11) is 0. The molecule has 6 heteroatoms. The molecular formula is C22H24FN3O2. The fraction of sp³-hybridized carbons (Fsp3) is 0.409. The zero-order chi connectivity index (χ0) is 19.7. The highest BCUT2D eigenvalue weighted by Crippen LogP contribution is 2.26. The SMILES string of the molecule is CC[C@H]1CCN(C(=O)Cc2cc3cc(-c4cnc(C)o4)ccc3cn2)C[C@@H]1F. The smallest absolute Gasteiger partial charge is 0.228 e. The summed E-state index contributed by atoms with van der Waals surface area (Å²) in [6.07, 6.45) is 4.28. The lowest BCUT2D eigenvalue weighted by Crippen LogP contribution is -2.45. The average molecular weight is 381 g/mol. The summed E-state index contributed by atoms with van der Waals surface area (Å²) >= 11 is 0. The summed E-state index contributed by atoms with van der Waals surface area (Å²) < 4.78 is 19.8. The number of carbonyl (C=O) groups is 1. The van der Waals surface area contributed by atoms with Crippen molar-refractivity contribution in [3.05, 3.63) is 48.2 Å². The molecule has 0 unspecified atom stereocenters. The van der Waals surface area contributed by atoms with E-state index in [-0.39, 0.29) is 24.8 Å². The molecule has 1 amide bonds. The van der Waals surface area contributed by atoms with Gasteiger partial charge in [0.2, 0.25) is 5.91 Å². The number of oxazole rings is 1. The molecule has 2 atom stereocenters. The number of piperidine rings is 1. The van der Waals surface area contributed by atoms with Crippen LogP contribution in [0.4, 0.5) is 4.39 Å². The van der Waals surface area contributed by atoms with E-state index in [1.165, 1.54) is 0 Å². The van der Waals surface area contributed by atoms with Crippen LogP contribution in [-0.4, -0.2) is 40.0 Å². The maximum absolute atomic E-state index is 14.2. The van der Waals surface area contributed by atoms with Gasteiger partial charge in [-0.1, -0.05) is 25.5 Å². The zero-order valence-electron chi connectivity index (χ0n) is 16.2. The van der Waals surface area contributed by atoms with Crippen LogP contribution in [0.15, 0.2) is 41.1 Å². The maximum Gasteiger partial charge on any atom is 0.228 e. The van der Waals surface area contributed by atoms with Crippen molar-refractivity contribution in [2.24, 2.45) is 5.92 Å². The van der Waals surface area contributed by atoms with Gasteiger partial charge in [0.05, 0.1) is 24.9 Å². The molecule has 2 aromatic heterocycles. The van der Waals surface area contributed by atoms with Crippen molar-refractivity contribution in [3.63, 3.8) is 0 Å². The number of halogens is 1. The molecule has 0 N–H and O–H groups in total. The van der Waals surface area contributed by atoms with Gasteiger partial charge in [-0.25, -0.2) is 9.37 Å². The minimum absolute atomic E-state index is 0.0638. The van der Waals surface area contributed by atoms with Crippen LogP contribution in [0.1, 0.15) is 31.4 Å². The van der Waals surface area contributed by atoms with Crippen molar-refractivity contribution in [2.45, 2.75) is 39.3 Å². The van der Waals surface area contributed by atoms with Gasteiger partial charge < -0.3 is 9.32 Å². The Bertz CT molecular complexity index is 1000. The molecule has 0 spiro atoms. The predicted molar refractivity (Wildman–Crippen MR) is 106 cm³/mol. The second-order valence-electron chi connectivity index (χ2n) is 7.47. The molecule has 3 aromatic rings. The number of benzene rings is 1. The highest BCUT2D eigenvalue weighted by atomic mass is 19.1. The normalized spacial score (nSPS) is 19.9. The number of rotatable bonds is 4. The Balaban J connectivity index is 1.51. The molecule has 1 fully saturated rings. The first-order valence-corrected chi connectivity index (χ1v) is 9.77. The largest absolute Gasteiger partial charge is 0.441 e. The fourth-order valence-corrected chi connectivity index (χ4v) is 3.84. The van der Waals surface area contributed by atoms with Crippen molar-refractivity contribution in [1.29, 1.82) is 0 Å². The van der Waals surface area contributed by atoms with Gasteiger partial charge in [0, 0.05) is 30.6 Å².